The Labute approximate surface area is 125 Å². The molecular weight excluding hydrogens is 228 g/mol. The van der Waals surface area contributed by atoms with E-state index in [0.29, 0.717) is 0 Å². The number of unbranched alkanes of at least 4 members (excludes halogenated alkanes) is 1. The van der Waals surface area contributed by atoms with Gasteiger partial charge in [-0.2, -0.15) is 0 Å². The number of allylic oxidation sites excluding steroid dienone is 2. The number of rotatable bonds is 4. The summed E-state index contributed by atoms with van der Waals surface area (Å²) in [6.45, 7) is 19.5. The summed E-state index contributed by atoms with van der Waals surface area (Å²) in [6, 6.07) is 0. The van der Waals surface area contributed by atoms with Gasteiger partial charge in [0.25, 0.3) is 0 Å². The third-order valence-corrected chi connectivity index (χ3v) is 3.35. The highest BCUT2D eigenvalue weighted by Gasteiger charge is 2.26. The van der Waals surface area contributed by atoms with Gasteiger partial charge in [0.05, 0.1) is 0 Å². The molecule has 0 N–H and O–H groups in total. The standard InChI is InChI=1S/C10H18.C4H10.C3H8.C2H6/c1-4-8(3)10-7-6-9(10)5-2;1-3-4-2;1-3-2;1-2/h6-10H,4-5H2,1-3H3;3-4H2,1-2H3;3H2,1-2H3;1-2H3. The Morgan fingerprint density at radius 2 is 1.26 bits per heavy atom. The zero-order valence-electron chi connectivity index (χ0n) is 15.4. The summed E-state index contributed by atoms with van der Waals surface area (Å²) >= 11 is 0. The molecule has 118 valence electrons. The molecule has 1 aliphatic rings. The Bertz CT molecular complexity index is 155. The van der Waals surface area contributed by atoms with Gasteiger partial charge in [-0.3, -0.25) is 0 Å². The van der Waals surface area contributed by atoms with E-state index in [1.54, 1.807) is 0 Å². The highest BCUT2D eigenvalue weighted by molar-refractivity contribution is 5.09. The molecule has 0 fully saturated rings. The van der Waals surface area contributed by atoms with E-state index in [4.69, 9.17) is 0 Å². The largest absolute Gasteiger partial charge is 0.0845 e. The van der Waals surface area contributed by atoms with E-state index in [0.717, 1.165) is 17.8 Å². The first kappa shape index (κ1) is 23.8. The Hall–Kier alpha value is -0.260. The van der Waals surface area contributed by atoms with Crippen molar-refractivity contribution in [3.05, 3.63) is 12.2 Å². The predicted octanol–water partition coefficient (Wildman–Crippen LogP) is 7.49. The molecule has 0 spiro atoms. The first-order valence-electron chi connectivity index (χ1n) is 8.80. The fraction of sp³-hybridized carbons (Fsp3) is 0.895. The maximum Gasteiger partial charge on any atom is -0.0145 e. The van der Waals surface area contributed by atoms with Crippen LogP contribution in [-0.2, 0) is 0 Å². The van der Waals surface area contributed by atoms with Gasteiger partial charge in [0.1, 0.15) is 0 Å². The van der Waals surface area contributed by atoms with Gasteiger partial charge in [-0.25, -0.2) is 0 Å². The van der Waals surface area contributed by atoms with Gasteiger partial charge in [-0.15, -0.1) is 0 Å². The van der Waals surface area contributed by atoms with Gasteiger partial charge in [0.2, 0.25) is 0 Å². The topological polar surface area (TPSA) is 0 Å². The minimum absolute atomic E-state index is 0.898. The fourth-order valence-electron chi connectivity index (χ4n) is 1.69. The van der Waals surface area contributed by atoms with Crippen LogP contribution in [0.25, 0.3) is 0 Å². The van der Waals surface area contributed by atoms with Crippen LogP contribution < -0.4 is 0 Å². The Morgan fingerprint density at radius 3 is 1.42 bits per heavy atom. The summed E-state index contributed by atoms with van der Waals surface area (Å²) in [5.74, 6) is 2.69. The van der Waals surface area contributed by atoms with Crippen LogP contribution in [0.15, 0.2) is 12.2 Å². The molecule has 19 heavy (non-hydrogen) atoms. The van der Waals surface area contributed by atoms with Crippen molar-refractivity contribution in [1.29, 1.82) is 0 Å². The Kier molecular flexibility index (Phi) is 25.1. The van der Waals surface area contributed by atoms with Crippen molar-refractivity contribution in [3.8, 4) is 0 Å². The maximum atomic E-state index is 2.38. The van der Waals surface area contributed by atoms with Crippen LogP contribution in [0.1, 0.15) is 94.4 Å². The SMILES string of the molecule is CC.CCC.CCC(C)C1C=CC1CC.CCCC. The third kappa shape index (κ3) is 14.0. The summed E-state index contributed by atoms with van der Waals surface area (Å²) in [6.07, 6.45) is 11.3. The molecule has 0 aromatic heterocycles. The molecule has 0 nitrogen and oxygen atoms in total. The average Bonchev–Trinajstić information content (AvgIpc) is 2.41. The fourth-order valence-corrected chi connectivity index (χ4v) is 1.69. The second kappa shape index (κ2) is 20.1. The lowest BCUT2D eigenvalue weighted by molar-refractivity contribution is 0.293. The molecule has 0 aromatic carbocycles. The Balaban J connectivity index is -0.000000239. The monoisotopic (exact) mass is 270 g/mol. The quantitative estimate of drug-likeness (QED) is 0.464. The molecule has 1 aliphatic carbocycles. The minimum Gasteiger partial charge on any atom is -0.0845 e. The van der Waals surface area contributed by atoms with E-state index in [1.807, 2.05) is 13.8 Å². The summed E-state index contributed by atoms with van der Waals surface area (Å²) in [5, 5.41) is 0. The van der Waals surface area contributed by atoms with Crippen LogP contribution in [0.3, 0.4) is 0 Å². The molecule has 3 unspecified atom stereocenters. The van der Waals surface area contributed by atoms with Gasteiger partial charge in [0, 0.05) is 0 Å². The molecule has 3 atom stereocenters. The summed E-state index contributed by atoms with van der Waals surface area (Å²) in [7, 11) is 0. The molecule has 1 rings (SSSR count). The predicted molar refractivity (Wildman–Crippen MR) is 93.8 cm³/mol. The van der Waals surface area contributed by atoms with E-state index < -0.39 is 0 Å². The molecule has 0 heteroatoms. The second-order valence-electron chi connectivity index (χ2n) is 5.13. The maximum absolute atomic E-state index is 2.38. The molecule has 0 amide bonds. The van der Waals surface area contributed by atoms with Crippen LogP contribution in [0, 0.1) is 17.8 Å². The lowest BCUT2D eigenvalue weighted by Crippen LogP contribution is -2.24. The summed E-state index contributed by atoms with van der Waals surface area (Å²) < 4.78 is 0. The molecular formula is C19H42. The van der Waals surface area contributed by atoms with Gasteiger partial charge in [0.15, 0.2) is 0 Å². The molecule has 0 saturated heterocycles. The zero-order valence-corrected chi connectivity index (χ0v) is 15.4. The van der Waals surface area contributed by atoms with Crippen molar-refractivity contribution in [2.24, 2.45) is 17.8 Å². The van der Waals surface area contributed by atoms with E-state index in [1.165, 1.54) is 32.1 Å². The number of hydrogen-bond donors (Lipinski definition) is 0. The van der Waals surface area contributed by atoms with Crippen LogP contribution in [-0.4, -0.2) is 0 Å². The van der Waals surface area contributed by atoms with E-state index in [2.05, 4.69) is 60.6 Å². The van der Waals surface area contributed by atoms with Crippen molar-refractivity contribution in [2.45, 2.75) is 94.4 Å². The van der Waals surface area contributed by atoms with Gasteiger partial charge in [-0.1, -0.05) is 100 Å². The Morgan fingerprint density at radius 1 is 0.842 bits per heavy atom. The van der Waals surface area contributed by atoms with Gasteiger partial charge < -0.3 is 0 Å². The minimum atomic E-state index is 0.898. The molecule has 0 aliphatic heterocycles. The highest BCUT2D eigenvalue weighted by atomic mass is 14.3. The lowest BCUT2D eigenvalue weighted by Gasteiger charge is -2.33. The normalized spacial score (nSPS) is 20.5. The van der Waals surface area contributed by atoms with Crippen molar-refractivity contribution >= 4 is 0 Å². The molecule has 0 heterocycles. The van der Waals surface area contributed by atoms with Crippen LogP contribution in [0.5, 0.6) is 0 Å². The van der Waals surface area contributed by atoms with Gasteiger partial charge in [-0.05, 0) is 24.2 Å². The number of hydrogen-bond acceptors (Lipinski definition) is 0. The third-order valence-electron chi connectivity index (χ3n) is 3.35. The van der Waals surface area contributed by atoms with E-state index >= 15 is 0 Å². The molecule has 0 bridgehead atoms. The van der Waals surface area contributed by atoms with Crippen molar-refractivity contribution < 1.29 is 0 Å². The first-order chi connectivity index (χ1) is 9.12. The lowest BCUT2D eigenvalue weighted by atomic mass is 9.72. The van der Waals surface area contributed by atoms with Crippen molar-refractivity contribution in [1.82, 2.24) is 0 Å². The molecule has 0 radical (unpaired) electrons. The van der Waals surface area contributed by atoms with Crippen molar-refractivity contribution in [2.75, 3.05) is 0 Å². The van der Waals surface area contributed by atoms with Gasteiger partial charge >= 0.3 is 0 Å². The molecule has 0 aromatic rings. The van der Waals surface area contributed by atoms with E-state index in [9.17, 15) is 0 Å². The average molecular weight is 271 g/mol. The summed E-state index contributed by atoms with van der Waals surface area (Å²) in [4.78, 5) is 0. The van der Waals surface area contributed by atoms with E-state index in [-0.39, 0.29) is 0 Å². The summed E-state index contributed by atoms with van der Waals surface area (Å²) in [5.41, 5.74) is 0. The van der Waals surface area contributed by atoms with Crippen molar-refractivity contribution in [3.63, 3.8) is 0 Å². The smallest absolute Gasteiger partial charge is 0.0145 e. The van der Waals surface area contributed by atoms with Crippen LogP contribution in [0.2, 0.25) is 0 Å². The molecule has 0 saturated carbocycles. The van der Waals surface area contributed by atoms with Crippen LogP contribution in [0.4, 0.5) is 0 Å². The highest BCUT2D eigenvalue weighted by Crippen LogP contribution is 2.35. The zero-order chi connectivity index (χ0) is 15.7. The first-order valence-corrected chi connectivity index (χ1v) is 8.80. The van der Waals surface area contributed by atoms with Crippen LogP contribution >= 0.6 is 0 Å². The second-order valence-corrected chi connectivity index (χ2v) is 5.13.